The second-order valence-electron chi connectivity index (χ2n) is 6.93. The maximum Gasteiger partial charge on any atom is 0.296 e. The van der Waals surface area contributed by atoms with E-state index in [0.29, 0.717) is 16.0 Å². The molecule has 0 bridgehead atoms. The highest BCUT2D eigenvalue weighted by Gasteiger charge is 2.44. The average molecular weight is 434 g/mol. The number of hydrogen-bond donors (Lipinski definition) is 0. The van der Waals surface area contributed by atoms with Crippen LogP contribution in [0.15, 0.2) is 76.1 Å². The number of benzene rings is 2. The third-order valence-electron chi connectivity index (χ3n) is 5.13. The minimum absolute atomic E-state index is 0.112. The second-order valence-corrected chi connectivity index (χ2v) is 7.37. The molecule has 4 aromatic rings. The molecule has 2 aromatic carbocycles. The maximum atomic E-state index is 13.4. The Morgan fingerprint density at radius 3 is 2.61 bits per heavy atom. The zero-order valence-electron chi connectivity index (χ0n) is 15.7. The Labute approximate surface area is 179 Å². The number of carbonyl (C=O) groups is 1. The lowest BCUT2D eigenvalue weighted by molar-refractivity contribution is -0.384. The van der Waals surface area contributed by atoms with Crippen molar-refractivity contribution in [3.8, 4) is 0 Å². The van der Waals surface area contributed by atoms with Gasteiger partial charge in [-0.15, -0.1) is 0 Å². The van der Waals surface area contributed by atoms with Gasteiger partial charge in [-0.1, -0.05) is 35.9 Å². The first-order valence-electron chi connectivity index (χ1n) is 9.21. The van der Waals surface area contributed by atoms with Gasteiger partial charge in [-0.2, -0.15) is 0 Å². The number of nitro benzene ring substituents is 1. The standard InChI is InChI=1S/C22H12ClN3O5/c23-13-8-9-17(24-11-13)25-19(12-4-3-5-14(10-12)26(29)30)18-20(27)15-6-1-2-7-16(15)31-21(18)22(25)28/h1-11,19H/t19-/m0/s1. The van der Waals surface area contributed by atoms with Gasteiger partial charge in [0.05, 0.1) is 26.9 Å². The van der Waals surface area contributed by atoms with Crippen molar-refractivity contribution in [1.29, 1.82) is 0 Å². The van der Waals surface area contributed by atoms with E-state index in [0.717, 1.165) is 0 Å². The molecule has 8 nitrogen and oxygen atoms in total. The average Bonchev–Trinajstić information content (AvgIpc) is 3.07. The number of hydrogen-bond acceptors (Lipinski definition) is 6. The van der Waals surface area contributed by atoms with Crippen LogP contribution in [0.25, 0.3) is 11.0 Å². The number of amides is 1. The number of carbonyl (C=O) groups excluding carboxylic acids is 1. The number of non-ortho nitro benzene ring substituents is 1. The van der Waals surface area contributed by atoms with Crippen LogP contribution in [0.3, 0.4) is 0 Å². The Balaban J connectivity index is 1.81. The fraction of sp³-hybridized carbons (Fsp3) is 0.0455. The number of pyridine rings is 1. The normalized spacial score (nSPS) is 15.3. The van der Waals surface area contributed by atoms with Crippen molar-refractivity contribution in [2.45, 2.75) is 6.04 Å². The number of anilines is 1. The molecule has 0 aliphatic carbocycles. The number of nitrogens with zero attached hydrogens (tertiary/aromatic N) is 3. The van der Waals surface area contributed by atoms with Gasteiger partial charge in [0, 0.05) is 18.3 Å². The predicted octanol–water partition coefficient (Wildman–Crippen LogP) is 4.50. The first-order chi connectivity index (χ1) is 15.0. The van der Waals surface area contributed by atoms with Crippen LogP contribution in [0, 0.1) is 10.1 Å². The Bertz CT molecular complexity index is 1430. The third kappa shape index (κ3) is 2.96. The summed E-state index contributed by atoms with van der Waals surface area (Å²) >= 11 is 5.94. The quantitative estimate of drug-likeness (QED) is 0.348. The highest BCUT2D eigenvalue weighted by Crippen LogP contribution is 2.41. The van der Waals surface area contributed by atoms with Gasteiger partial charge in [0.1, 0.15) is 11.4 Å². The van der Waals surface area contributed by atoms with E-state index in [9.17, 15) is 19.7 Å². The molecule has 0 saturated carbocycles. The van der Waals surface area contributed by atoms with Crippen LogP contribution in [0.1, 0.15) is 27.7 Å². The van der Waals surface area contributed by atoms with Crippen LogP contribution >= 0.6 is 11.6 Å². The summed E-state index contributed by atoms with van der Waals surface area (Å²) in [5.74, 6) is -0.443. The summed E-state index contributed by atoms with van der Waals surface area (Å²) in [5.41, 5.74) is 0.246. The molecule has 1 amide bonds. The van der Waals surface area contributed by atoms with Crippen LogP contribution in [-0.2, 0) is 0 Å². The summed E-state index contributed by atoms with van der Waals surface area (Å²) in [6.07, 6.45) is 1.38. The molecule has 1 aliphatic rings. The second kappa shape index (κ2) is 7.03. The van der Waals surface area contributed by atoms with Crippen molar-refractivity contribution in [3.63, 3.8) is 0 Å². The van der Waals surface area contributed by atoms with Gasteiger partial charge in [0.2, 0.25) is 5.76 Å². The fourth-order valence-electron chi connectivity index (χ4n) is 3.79. The van der Waals surface area contributed by atoms with Gasteiger partial charge in [-0.05, 0) is 29.8 Å². The highest BCUT2D eigenvalue weighted by atomic mass is 35.5. The van der Waals surface area contributed by atoms with Gasteiger partial charge in [0.25, 0.3) is 11.6 Å². The molecule has 3 heterocycles. The lowest BCUT2D eigenvalue weighted by Gasteiger charge is -2.24. The predicted molar refractivity (Wildman–Crippen MR) is 113 cm³/mol. The first-order valence-corrected chi connectivity index (χ1v) is 9.58. The first kappa shape index (κ1) is 19.0. The molecule has 31 heavy (non-hydrogen) atoms. The largest absolute Gasteiger partial charge is 0.450 e. The fourth-order valence-corrected chi connectivity index (χ4v) is 3.90. The number of fused-ring (bicyclic) bond motifs is 2. The minimum atomic E-state index is -0.947. The van der Waals surface area contributed by atoms with E-state index in [4.69, 9.17) is 16.0 Å². The van der Waals surface area contributed by atoms with Crippen LogP contribution in [0.2, 0.25) is 5.02 Å². The van der Waals surface area contributed by atoms with Gasteiger partial charge < -0.3 is 4.42 Å². The molecule has 0 radical (unpaired) electrons. The molecular formula is C22H12ClN3O5. The Hall–Kier alpha value is -4.04. The molecule has 5 rings (SSSR count). The highest BCUT2D eigenvalue weighted by molar-refractivity contribution is 6.30. The molecule has 0 spiro atoms. The summed E-state index contributed by atoms with van der Waals surface area (Å²) in [7, 11) is 0. The van der Waals surface area contributed by atoms with Gasteiger partial charge in [-0.3, -0.25) is 24.6 Å². The molecule has 1 atom stereocenters. The summed E-state index contributed by atoms with van der Waals surface area (Å²) in [4.78, 5) is 43.1. The molecule has 152 valence electrons. The lowest BCUT2D eigenvalue weighted by atomic mass is 9.98. The number of halogens is 1. The van der Waals surface area contributed by atoms with Gasteiger partial charge in [0.15, 0.2) is 5.43 Å². The summed E-state index contributed by atoms with van der Waals surface area (Å²) in [6, 6.07) is 14.6. The van der Waals surface area contributed by atoms with Crippen molar-refractivity contribution < 1.29 is 14.1 Å². The topological polar surface area (TPSA) is 107 Å². The lowest BCUT2D eigenvalue weighted by Crippen LogP contribution is -2.30. The van der Waals surface area contributed by atoms with E-state index < -0.39 is 16.9 Å². The zero-order valence-corrected chi connectivity index (χ0v) is 16.4. The van der Waals surface area contributed by atoms with E-state index in [2.05, 4.69) is 4.98 Å². The molecule has 1 aliphatic heterocycles. The van der Waals surface area contributed by atoms with E-state index in [1.165, 1.54) is 29.3 Å². The molecular weight excluding hydrogens is 422 g/mol. The molecule has 9 heteroatoms. The minimum Gasteiger partial charge on any atom is -0.450 e. The monoisotopic (exact) mass is 433 g/mol. The van der Waals surface area contributed by atoms with Gasteiger partial charge >= 0.3 is 0 Å². The van der Waals surface area contributed by atoms with E-state index in [1.54, 1.807) is 42.5 Å². The zero-order chi connectivity index (χ0) is 21.7. The van der Waals surface area contributed by atoms with E-state index >= 15 is 0 Å². The SMILES string of the molecule is O=C1c2oc3ccccc3c(=O)c2[C@H](c2cccc([N+](=O)[O-])c2)N1c1ccc(Cl)cn1. The molecule has 2 aromatic heterocycles. The molecule has 0 N–H and O–H groups in total. The van der Waals surface area contributed by atoms with Gasteiger partial charge in [-0.25, -0.2) is 4.98 Å². The van der Waals surface area contributed by atoms with Crippen molar-refractivity contribution in [1.82, 2.24) is 4.98 Å². The van der Waals surface area contributed by atoms with E-state index in [-0.39, 0.29) is 33.8 Å². The van der Waals surface area contributed by atoms with Crippen molar-refractivity contribution in [2.75, 3.05) is 4.90 Å². The number of nitro groups is 1. The molecule has 0 saturated heterocycles. The Morgan fingerprint density at radius 1 is 1.06 bits per heavy atom. The van der Waals surface area contributed by atoms with Crippen molar-refractivity contribution in [3.05, 3.63) is 109 Å². The third-order valence-corrected chi connectivity index (χ3v) is 5.36. The molecule has 0 fully saturated rings. The summed E-state index contributed by atoms with van der Waals surface area (Å²) < 4.78 is 5.82. The Kier molecular flexibility index (Phi) is 4.30. The number of aromatic nitrogens is 1. The summed E-state index contributed by atoms with van der Waals surface area (Å²) in [6.45, 7) is 0. The van der Waals surface area contributed by atoms with Crippen molar-refractivity contribution in [2.24, 2.45) is 0 Å². The Morgan fingerprint density at radius 2 is 1.87 bits per heavy atom. The van der Waals surface area contributed by atoms with E-state index in [1.807, 2.05) is 0 Å². The van der Waals surface area contributed by atoms with Crippen LogP contribution in [0.4, 0.5) is 11.5 Å². The number of rotatable bonds is 3. The summed E-state index contributed by atoms with van der Waals surface area (Å²) in [5, 5.41) is 12.0. The number of para-hydroxylation sites is 1. The molecule has 0 unspecified atom stereocenters. The van der Waals surface area contributed by atoms with Crippen LogP contribution < -0.4 is 10.3 Å². The maximum absolute atomic E-state index is 13.4. The van der Waals surface area contributed by atoms with Crippen molar-refractivity contribution >= 4 is 40.0 Å². The van der Waals surface area contributed by atoms with Crippen LogP contribution in [0.5, 0.6) is 0 Å². The van der Waals surface area contributed by atoms with Crippen LogP contribution in [-0.4, -0.2) is 15.8 Å². The smallest absolute Gasteiger partial charge is 0.296 e.